The zero-order valence-electron chi connectivity index (χ0n) is 27.7. The van der Waals surface area contributed by atoms with E-state index in [9.17, 15) is 4.79 Å². The first kappa shape index (κ1) is 31.3. The van der Waals surface area contributed by atoms with Crippen LogP contribution < -0.4 is 9.64 Å². The summed E-state index contributed by atoms with van der Waals surface area (Å²) in [6, 6.07) is 51.1. The van der Waals surface area contributed by atoms with Crippen molar-refractivity contribution in [1.82, 2.24) is 9.97 Å². The molecule has 1 aliphatic heterocycles. The summed E-state index contributed by atoms with van der Waals surface area (Å²) in [4.78, 5) is 26.4. The van der Waals surface area contributed by atoms with E-state index in [1.165, 1.54) is 11.8 Å². The van der Waals surface area contributed by atoms with Crippen LogP contribution in [-0.2, 0) is 4.79 Å². The van der Waals surface area contributed by atoms with Crippen molar-refractivity contribution in [3.05, 3.63) is 169 Å². The molecule has 0 aliphatic carbocycles. The normalized spacial score (nSPS) is 14.2. The lowest BCUT2D eigenvalue weighted by atomic mass is 9.99. The molecule has 0 bridgehead atoms. The van der Waals surface area contributed by atoms with E-state index in [2.05, 4.69) is 54.6 Å². The predicted octanol–water partition coefficient (Wildman–Crippen LogP) is 10.5. The third-order valence-electron chi connectivity index (χ3n) is 8.97. The van der Waals surface area contributed by atoms with Gasteiger partial charge in [-0.25, -0.2) is 9.97 Å². The minimum absolute atomic E-state index is 0.0426. The number of methoxy groups -OCH3 is 1. The molecule has 0 fully saturated rings. The highest BCUT2D eigenvalue weighted by Crippen LogP contribution is 2.41. The van der Waals surface area contributed by atoms with Crippen molar-refractivity contribution in [3.8, 4) is 39.4 Å². The Morgan fingerprint density at radius 1 is 0.640 bits per heavy atom. The summed E-state index contributed by atoms with van der Waals surface area (Å²) < 4.78 is 5.88. The summed E-state index contributed by atoms with van der Waals surface area (Å²) in [7, 11) is 1.68. The van der Waals surface area contributed by atoms with Crippen LogP contribution in [0, 0.1) is 6.92 Å². The molecule has 1 aliphatic rings. The Labute approximate surface area is 295 Å². The molecule has 1 aromatic heterocycles. The van der Waals surface area contributed by atoms with Gasteiger partial charge in [-0.2, -0.15) is 0 Å². The fourth-order valence-electron chi connectivity index (χ4n) is 6.43. The van der Waals surface area contributed by atoms with Gasteiger partial charge in [-0.1, -0.05) is 145 Å². The van der Waals surface area contributed by atoms with E-state index in [4.69, 9.17) is 14.7 Å². The highest BCUT2D eigenvalue weighted by atomic mass is 32.2. The van der Waals surface area contributed by atoms with E-state index in [1.54, 1.807) is 7.11 Å². The van der Waals surface area contributed by atoms with Crippen molar-refractivity contribution in [3.63, 3.8) is 0 Å². The molecule has 6 heteroatoms. The zero-order valence-corrected chi connectivity index (χ0v) is 28.5. The molecule has 50 heavy (non-hydrogen) atoms. The summed E-state index contributed by atoms with van der Waals surface area (Å²) in [6.07, 6.45) is 2.04. The van der Waals surface area contributed by atoms with Gasteiger partial charge < -0.3 is 4.74 Å². The summed E-state index contributed by atoms with van der Waals surface area (Å²) in [5.41, 5.74) is 9.38. The minimum atomic E-state index is -0.548. The number of aryl methyl sites for hydroxylation is 1. The highest BCUT2D eigenvalue weighted by Gasteiger charge is 2.36. The minimum Gasteiger partial charge on any atom is -0.496 e. The number of thioether (sulfide) groups is 1. The quantitative estimate of drug-likeness (QED) is 0.151. The van der Waals surface area contributed by atoms with Gasteiger partial charge in [-0.05, 0) is 64.7 Å². The van der Waals surface area contributed by atoms with Gasteiger partial charge in [0.2, 0.25) is 5.91 Å². The average molecular weight is 668 g/mol. The molecule has 7 aromatic rings. The van der Waals surface area contributed by atoms with Crippen molar-refractivity contribution < 1.29 is 9.53 Å². The number of carbonyl (C=O) groups excluding carboxylic acids is 1. The number of nitrogens with zero attached hydrogens (tertiary/aromatic N) is 3. The van der Waals surface area contributed by atoms with Crippen LogP contribution in [0.5, 0.6) is 5.75 Å². The third-order valence-corrected chi connectivity index (χ3v) is 9.95. The van der Waals surface area contributed by atoms with Gasteiger partial charge in [0.25, 0.3) is 0 Å². The summed E-state index contributed by atoms with van der Waals surface area (Å²) in [5.74, 6) is 0.681. The van der Waals surface area contributed by atoms with Crippen molar-refractivity contribution in [2.45, 2.75) is 17.3 Å². The molecule has 8 rings (SSSR count). The number of benzene rings is 6. The van der Waals surface area contributed by atoms with Crippen LogP contribution in [0.1, 0.15) is 11.1 Å². The van der Waals surface area contributed by atoms with E-state index >= 15 is 0 Å². The molecule has 5 nitrogen and oxygen atoms in total. The number of anilines is 1. The lowest BCUT2D eigenvalue weighted by Gasteiger charge is -2.22. The van der Waals surface area contributed by atoms with Crippen LogP contribution in [0.4, 0.5) is 5.69 Å². The topological polar surface area (TPSA) is 55.3 Å². The first-order valence-corrected chi connectivity index (χ1v) is 17.4. The Morgan fingerprint density at radius 2 is 1.26 bits per heavy atom. The van der Waals surface area contributed by atoms with Crippen molar-refractivity contribution >= 4 is 39.8 Å². The van der Waals surface area contributed by atoms with Gasteiger partial charge in [0, 0.05) is 11.3 Å². The summed E-state index contributed by atoms with van der Waals surface area (Å²) >= 11 is 1.37. The number of rotatable bonds is 8. The SMILES string of the molecule is COc1ccc2ccccc2c1-c1cc(-c2ccccc2)nc(SC2C=C(c3ccc(-c4ccccc4)cc3)N(c3ccc(C)cc3)C2=O)n1. The Hall–Kier alpha value is -5.98. The number of ether oxygens (including phenoxy) is 1. The second kappa shape index (κ2) is 13.5. The van der Waals surface area contributed by atoms with Crippen LogP contribution in [0.2, 0.25) is 0 Å². The fraction of sp³-hybridized carbons (Fsp3) is 0.0682. The van der Waals surface area contributed by atoms with Crippen molar-refractivity contribution in [1.29, 1.82) is 0 Å². The molecule has 1 atom stereocenters. The van der Waals surface area contributed by atoms with Gasteiger partial charge in [-0.3, -0.25) is 9.69 Å². The maximum Gasteiger partial charge on any atom is 0.249 e. The molecule has 1 unspecified atom stereocenters. The third kappa shape index (κ3) is 6.06. The highest BCUT2D eigenvalue weighted by molar-refractivity contribution is 8.00. The lowest BCUT2D eigenvalue weighted by molar-refractivity contribution is -0.116. The number of carbonyl (C=O) groups is 1. The van der Waals surface area contributed by atoms with Gasteiger partial charge in [-0.15, -0.1) is 0 Å². The van der Waals surface area contributed by atoms with Crippen LogP contribution in [0.15, 0.2) is 163 Å². The van der Waals surface area contributed by atoms with E-state index in [1.807, 2.05) is 115 Å². The smallest absolute Gasteiger partial charge is 0.249 e. The number of aromatic nitrogens is 2. The number of amides is 1. The van der Waals surface area contributed by atoms with Crippen LogP contribution in [0.25, 0.3) is 50.1 Å². The summed E-state index contributed by atoms with van der Waals surface area (Å²) in [6.45, 7) is 2.05. The van der Waals surface area contributed by atoms with Crippen molar-refractivity contribution in [2.75, 3.05) is 12.0 Å². The molecule has 2 heterocycles. The van der Waals surface area contributed by atoms with E-state index in [0.717, 1.165) is 72.7 Å². The largest absolute Gasteiger partial charge is 0.496 e. The second-order valence-electron chi connectivity index (χ2n) is 12.2. The molecule has 6 aromatic carbocycles. The predicted molar refractivity (Wildman–Crippen MR) is 205 cm³/mol. The molecular weight excluding hydrogens is 635 g/mol. The van der Waals surface area contributed by atoms with Crippen LogP contribution in [0.3, 0.4) is 0 Å². The van der Waals surface area contributed by atoms with Gasteiger partial charge in [0.1, 0.15) is 11.0 Å². The van der Waals surface area contributed by atoms with Crippen LogP contribution in [-0.4, -0.2) is 28.2 Å². The molecule has 1 amide bonds. The molecule has 0 saturated heterocycles. The number of hydrogen-bond acceptors (Lipinski definition) is 5. The number of hydrogen-bond donors (Lipinski definition) is 0. The molecule has 0 saturated carbocycles. The maximum absolute atomic E-state index is 14.4. The Kier molecular flexibility index (Phi) is 8.45. The Balaban J connectivity index is 1.23. The molecule has 0 spiro atoms. The van der Waals surface area contributed by atoms with Gasteiger partial charge in [0.05, 0.1) is 29.8 Å². The Morgan fingerprint density at radius 3 is 1.98 bits per heavy atom. The maximum atomic E-state index is 14.4. The van der Waals surface area contributed by atoms with E-state index in [-0.39, 0.29) is 5.91 Å². The monoisotopic (exact) mass is 667 g/mol. The first-order chi connectivity index (χ1) is 24.6. The fourth-order valence-corrected chi connectivity index (χ4v) is 7.36. The first-order valence-electron chi connectivity index (χ1n) is 16.5. The number of fused-ring (bicyclic) bond motifs is 1. The molecular formula is C44H33N3O2S. The van der Waals surface area contributed by atoms with Gasteiger partial charge >= 0.3 is 0 Å². The zero-order chi connectivity index (χ0) is 34.0. The van der Waals surface area contributed by atoms with Gasteiger partial charge in [0.15, 0.2) is 5.16 Å². The summed E-state index contributed by atoms with van der Waals surface area (Å²) in [5, 5.41) is 2.08. The Bertz CT molecular complexity index is 2360. The molecule has 0 N–H and O–H groups in total. The van der Waals surface area contributed by atoms with Crippen molar-refractivity contribution in [2.24, 2.45) is 0 Å². The molecule has 0 radical (unpaired) electrons. The lowest BCUT2D eigenvalue weighted by Crippen LogP contribution is -2.29. The second-order valence-corrected chi connectivity index (χ2v) is 13.3. The standard InChI is InChI=1S/C44H33N3O2S/c1-29-17-24-35(25-18-29)47-39(34-21-19-31(20-22-34)30-11-5-3-6-12-30)28-41(43(47)48)50-44-45-37(33-14-7-4-8-15-33)27-38(46-44)42-36-16-10-9-13-32(36)23-26-40(42)49-2/h3-28,41H,1-2H3. The van der Waals surface area contributed by atoms with Crippen LogP contribution >= 0.6 is 11.8 Å². The molecule has 242 valence electrons. The van der Waals surface area contributed by atoms with E-state index < -0.39 is 5.25 Å². The van der Waals surface area contributed by atoms with E-state index in [0.29, 0.717) is 5.16 Å². The average Bonchev–Trinajstić information content (AvgIpc) is 3.50.